The van der Waals surface area contributed by atoms with Gasteiger partial charge < -0.3 is 107 Å². The summed E-state index contributed by atoms with van der Waals surface area (Å²) >= 11 is 0. The maximum absolute atomic E-state index is 14.5. The molecule has 0 saturated carbocycles. The Labute approximate surface area is 490 Å². The molecule has 2 aromatic carbocycles. The first-order valence-corrected chi connectivity index (χ1v) is 29.9. The van der Waals surface area contributed by atoms with E-state index in [1.807, 2.05) is 38.0 Å². The van der Waals surface area contributed by atoms with Gasteiger partial charge in [0.2, 0.25) is 5.78 Å². The van der Waals surface area contributed by atoms with Gasteiger partial charge >= 0.3 is 0 Å². The molecule has 6 heterocycles. The number of phenolic OH excluding ortho intramolecular Hbond substituents is 3. The summed E-state index contributed by atoms with van der Waals surface area (Å²) in [6, 6.07) is 3.14. The second-order valence-electron chi connectivity index (χ2n) is 24.9. The molecule has 0 aromatic heterocycles. The van der Waals surface area contributed by atoms with E-state index < -0.39 is 193 Å². The summed E-state index contributed by atoms with van der Waals surface area (Å²) in [7, 11) is 7.46. The molecule has 25 unspecified atom stereocenters. The van der Waals surface area contributed by atoms with Crippen molar-refractivity contribution in [2.75, 3.05) is 28.2 Å². The summed E-state index contributed by atoms with van der Waals surface area (Å²) in [6.07, 6.45) is -15.2. The van der Waals surface area contributed by atoms with Gasteiger partial charge in [0.05, 0.1) is 89.4 Å². The zero-order valence-electron chi connectivity index (χ0n) is 49.8. The molecule has 6 aliphatic heterocycles. The summed E-state index contributed by atoms with van der Waals surface area (Å²) in [5, 5.41) is 92.5. The summed E-state index contributed by atoms with van der Waals surface area (Å²) in [5.41, 5.74) is -3.88. The molecule has 470 valence electrons. The van der Waals surface area contributed by atoms with Gasteiger partial charge in [0.15, 0.2) is 43.5 Å². The summed E-state index contributed by atoms with van der Waals surface area (Å²) in [4.78, 5) is 33.0. The van der Waals surface area contributed by atoms with Crippen molar-refractivity contribution in [1.29, 1.82) is 0 Å². The lowest BCUT2D eigenvalue weighted by Gasteiger charge is -2.50. The van der Waals surface area contributed by atoms with Crippen LogP contribution >= 0.6 is 0 Å². The monoisotopic (exact) mass is 1190 g/mol. The number of aromatic hydroxyl groups is 3. The van der Waals surface area contributed by atoms with Crippen molar-refractivity contribution in [3.05, 3.63) is 51.6 Å². The third-order valence-corrected chi connectivity index (χ3v) is 18.7. The molecule has 10 rings (SSSR count). The van der Waals surface area contributed by atoms with Crippen molar-refractivity contribution in [2.45, 2.75) is 266 Å². The third kappa shape index (κ3) is 12.4. The largest absolute Gasteiger partial charge is 0.507 e. The second kappa shape index (κ2) is 25.5. The number of phenols is 3. The molecule has 6 fully saturated rings. The quantitative estimate of drug-likeness (QED) is 0.101. The van der Waals surface area contributed by atoms with E-state index in [9.17, 15) is 50.4 Å². The lowest BCUT2D eigenvalue weighted by molar-refractivity contribution is -0.334. The number of aliphatic hydroxyl groups is 5. The van der Waals surface area contributed by atoms with Gasteiger partial charge in [-0.3, -0.25) is 9.59 Å². The Balaban J connectivity index is 0.894. The maximum atomic E-state index is 14.5. The van der Waals surface area contributed by atoms with Crippen LogP contribution in [-0.4, -0.2) is 231 Å². The molecule has 2 aliphatic carbocycles. The number of rotatable bonds is 15. The van der Waals surface area contributed by atoms with E-state index >= 15 is 0 Å². The van der Waals surface area contributed by atoms with E-state index in [0.29, 0.717) is 25.7 Å². The van der Waals surface area contributed by atoms with Crippen LogP contribution in [0, 0.1) is 0 Å². The van der Waals surface area contributed by atoms with Crippen LogP contribution in [0.1, 0.15) is 168 Å². The van der Waals surface area contributed by atoms with Crippen LogP contribution in [-0.2, 0) is 56.8 Å². The van der Waals surface area contributed by atoms with E-state index in [1.165, 1.54) is 18.2 Å². The molecule has 25 atom stereocenters. The fourth-order valence-electron chi connectivity index (χ4n) is 13.8. The molecule has 84 heavy (non-hydrogen) atoms. The number of benzene rings is 2. The normalized spacial score (nSPS) is 42.8. The Morgan fingerprint density at radius 1 is 0.500 bits per heavy atom. The SMILES string of the molecule is CCC1(O)CC(OC2CC(N(C)C)C(OC3CC(O)C(OC4CCC(O)C(C)O4)C(C)O3)C(C)O2)c2c(O)c3c(c(O)c2C1OC1CC(N(C)C)C(OC2CC(O)C(OC4CCC(O)C(C)O4)C(C)O2)C(C)O1)C(=O)c1cccc(O)c1C3=O. The predicted octanol–water partition coefficient (Wildman–Crippen LogP) is 3.67. The summed E-state index contributed by atoms with van der Waals surface area (Å²) in [6.45, 7) is 12.4. The molecule has 8 aliphatic rings. The molecule has 2 aromatic rings. The van der Waals surface area contributed by atoms with E-state index in [0.717, 1.165) is 0 Å². The Morgan fingerprint density at radius 2 is 0.917 bits per heavy atom. The standard InChI is InChI=1S/C60H88N2O22/c1-12-60(72)24-39(79-42-20-32(61(8)9)55(27(4)75-42)82-44-22-37(66)57(29(6)77-44)80-40-18-16-34(63)25(2)73-40)47-50(54(71)48-49(53(47)70)52(69)46-31(51(48)68)14-13-15-36(46)65)59(60)84-43-21-33(62(10)11)56(28(5)76-43)83-45-23-38(67)58(30(7)78-45)81-41-19-17-35(64)26(3)74-41/h13-15,25-30,32-35,37-45,55-59,63-67,70-72H,12,16-24H2,1-11H3. The van der Waals surface area contributed by atoms with E-state index in [1.54, 1.807) is 48.5 Å². The highest BCUT2D eigenvalue weighted by atomic mass is 16.8. The first kappa shape index (κ1) is 63.4. The molecule has 8 N–H and O–H groups in total. The molecular weight excluding hydrogens is 1100 g/mol. The fraction of sp³-hybridized carbons (Fsp3) is 0.767. The van der Waals surface area contributed by atoms with E-state index in [4.69, 9.17) is 56.8 Å². The number of aliphatic hydroxyl groups excluding tert-OH is 4. The third-order valence-electron chi connectivity index (χ3n) is 18.7. The van der Waals surface area contributed by atoms with Crippen LogP contribution in [0.4, 0.5) is 0 Å². The number of hydrogen-bond acceptors (Lipinski definition) is 24. The Hall–Kier alpha value is -3.58. The number of carbonyl (C=O) groups excluding carboxylic acids is 2. The van der Waals surface area contributed by atoms with Crippen molar-refractivity contribution in [1.82, 2.24) is 9.80 Å². The number of ether oxygens (including phenoxy) is 12. The van der Waals surface area contributed by atoms with E-state index in [-0.39, 0.29) is 60.8 Å². The van der Waals surface area contributed by atoms with Gasteiger partial charge in [-0.1, -0.05) is 19.1 Å². The van der Waals surface area contributed by atoms with Crippen LogP contribution in [0.15, 0.2) is 18.2 Å². The van der Waals surface area contributed by atoms with Crippen LogP contribution in [0.5, 0.6) is 17.2 Å². The van der Waals surface area contributed by atoms with Gasteiger partial charge in [0.1, 0.15) is 47.8 Å². The van der Waals surface area contributed by atoms with Gasteiger partial charge in [-0.25, -0.2) is 0 Å². The van der Waals surface area contributed by atoms with E-state index in [2.05, 4.69) is 0 Å². The molecule has 24 nitrogen and oxygen atoms in total. The fourth-order valence-corrected chi connectivity index (χ4v) is 13.8. The average molecular weight is 1190 g/mol. The van der Waals surface area contributed by atoms with Crippen molar-refractivity contribution in [3.63, 3.8) is 0 Å². The Bertz CT molecular complexity index is 2640. The van der Waals surface area contributed by atoms with Gasteiger partial charge in [0, 0.05) is 73.7 Å². The summed E-state index contributed by atoms with van der Waals surface area (Å²) in [5.74, 6) is -3.71. The highest BCUT2D eigenvalue weighted by Crippen LogP contribution is 2.58. The van der Waals surface area contributed by atoms with Crippen LogP contribution in [0.3, 0.4) is 0 Å². The van der Waals surface area contributed by atoms with Crippen molar-refractivity contribution in [2.24, 2.45) is 0 Å². The van der Waals surface area contributed by atoms with Crippen LogP contribution < -0.4 is 0 Å². The molecule has 0 radical (unpaired) electrons. The van der Waals surface area contributed by atoms with Crippen molar-refractivity contribution < 1.29 is 107 Å². The average Bonchev–Trinajstić information content (AvgIpc) is 0.985. The molecular formula is C60H88N2O22. The van der Waals surface area contributed by atoms with Crippen molar-refractivity contribution in [3.8, 4) is 17.2 Å². The van der Waals surface area contributed by atoms with Crippen LogP contribution in [0.25, 0.3) is 0 Å². The van der Waals surface area contributed by atoms with Gasteiger partial charge in [-0.2, -0.15) is 0 Å². The minimum absolute atomic E-state index is 0.00725. The van der Waals surface area contributed by atoms with Gasteiger partial charge in [0.25, 0.3) is 0 Å². The number of hydrogen-bond donors (Lipinski definition) is 8. The van der Waals surface area contributed by atoms with Gasteiger partial charge in [-0.05, 0) is 95.1 Å². The number of nitrogens with zero attached hydrogens (tertiary/aromatic N) is 2. The first-order chi connectivity index (χ1) is 39.8. The van der Waals surface area contributed by atoms with Crippen molar-refractivity contribution >= 4 is 11.6 Å². The highest BCUT2D eigenvalue weighted by Gasteiger charge is 2.56. The number of ketones is 2. The number of likely N-dealkylation sites (N-methyl/N-ethyl adjacent to an activating group) is 2. The molecule has 0 bridgehead atoms. The smallest absolute Gasteiger partial charge is 0.202 e. The zero-order valence-corrected chi connectivity index (χ0v) is 49.8. The lowest BCUT2D eigenvalue weighted by atomic mass is 9.70. The molecule has 6 saturated heterocycles. The van der Waals surface area contributed by atoms with Gasteiger partial charge in [-0.15, -0.1) is 0 Å². The number of fused-ring (bicyclic) bond motifs is 3. The topological polar surface area (TPSA) is 313 Å². The Kier molecular flexibility index (Phi) is 19.3. The zero-order chi connectivity index (χ0) is 60.5. The molecule has 24 heteroatoms. The summed E-state index contributed by atoms with van der Waals surface area (Å²) < 4.78 is 76.9. The second-order valence-corrected chi connectivity index (χ2v) is 24.9. The molecule has 0 spiro atoms. The minimum atomic E-state index is -1.91. The Morgan fingerprint density at radius 3 is 1.37 bits per heavy atom. The lowest BCUT2D eigenvalue weighted by Crippen LogP contribution is -2.58. The predicted molar refractivity (Wildman–Crippen MR) is 294 cm³/mol. The highest BCUT2D eigenvalue weighted by molar-refractivity contribution is 6.31. The minimum Gasteiger partial charge on any atom is -0.507 e. The first-order valence-electron chi connectivity index (χ1n) is 29.9. The molecule has 0 amide bonds. The number of carbonyl (C=O) groups is 2. The van der Waals surface area contributed by atoms with Crippen LogP contribution in [0.2, 0.25) is 0 Å². The maximum Gasteiger partial charge on any atom is 0.202 e.